The second-order valence-electron chi connectivity index (χ2n) is 6.28. The second-order valence-corrected chi connectivity index (χ2v) is 9.33. The van der Waals surface area contributed by atoms with Gasteiger partial charge in [0, 0.05) is 19.6 Å². The van der Waals surface area contributed by atoms with Crippen LogP contribution in [0.3, 0.4) is 0 Å². The first-order valence-corrected chi connectivity index (χ1v) is 9.48. The lowest BCUT2D eigenvalue weighted by molar-refractivity contribution is 0.161. The molecule has 2 saturated heterocycles. The highest BCUT2D eigenvalue weighted by Crippen LogP contribution is 2.41. The average molecular weight is 314 g/mol. The van der Waals surface area contributed by atoms with E-state index in [9.17, 15) is 8.42 Å². The Morgan fingerprint density at radius 2 is 1.85 bits per heavy atom. The SMILES string of the molecule is Cc1ccsc1S(=O)(=O)N1CCC2(CCN(C)C2)CC1. The van der Waals surface area contributed by atoms with Crippen molar-refractivity contribution < 1.29 is 8.42 Å². The summed E-state index contributed by atoms with van der Waals surface area (Å²) in [5.41, 5.74) is 1.24. The van der Waals surface area contributed by atoms with Crippen LogP contribution in [0.2, 0.25) is 0 Å². The number of rotatable bonds is 2. The van der Waals surface area contributed by atoms with Gasteiger partial charge >= 0.3 is 0 Å². The Balaban J connectivity index is 1.74. The van der Waals surface area contributed by atoms with Crippen LogP contribution < -0.4 is 0 Å². The van der Waals surface area contributed by atoms with Crippen LogP contribution in [-0.4, -0.2) is 50.8 Å². The number of sulfonamides is 1. The first kappa shape index (κ1) is 14.5. The lowest BCUT2D eigenvalue weighted by Gasteiger charge is -2.38. The molecular weight excluding hydrogens is 292 g/mol. The van der Waals surface area contributed by atoms with Crippen LogP contribution >= 0.6 is 11.3 Å². The predicted octanol–water partition coefficient (Wildman–Crippen LogP) is 2.16. The number of nitrogens with zero attached hydrogens (tertiary/aromatic N) is 2. The van der Waals surface area contributed by atoms with E-state index in [0.717, 1.165) is 31.5 Å². The van der Waals surface area contributed by atoms with Crippen molar-refractivity contribution in [1.82, 2.24) is 9.21 Å². The number of aryl methyl sites for hydroxylation is 1. The topological polar surface area (TPSA) is 40.6 Å². The van der Waals surface area contributed by atoms with E-state index in [1.54, 1.807) is 4.31 Å². The Morgan fingerprint density at radius 3 is 2.35 bits per heavy atom. The van der Waals surface area contributed by atoms with Crippen LogP contribution in [0.1, 0.15) is 24.8 Å². The van der Waals surface area contributed by atoms with Gasteiger partial charge < -0.3 is 4.90 Å². The van der Waals surface area contributed by atoms with E-state index in [-0.39, 0.29) is 0 Å². The minimum atomic E-state index is -3.27. The van der Waals surface area contributed by atoms with Crippen LogP contribution in [0.4, 0.5) is 0 Å². The molecule has 0 amide bonds. The molecular formula is C14H22N2O2S2. The minimum absolute atomic E-state index is 0.366. The maximum absolute atomic E-state index is 12.7. The van der Waals surface area contributed by atoms with Gasteiger partial charge in [-0.1, -0.05) is 0 Å². The van der Waals surface area contributed by atoms with E-state index in [1.165, 1.54) is 17.8 Å². The Bertz CT molecular complexity index is 586. The van der Waals surface area contributed by atoms with Crippen LogP contribution in [0, 0.1) is 12.3 Å². The normalized spacial score (nSPS) is 24.5. The number of piperidine rings is 1. The molecule has 1 aromatic heterocycles. The van der Waals surface area contributed by atoms with Gasteiger partial charge in [-0.25, -0.2) is 8.42 Å². The quantitative estimate of drug-likeness (QED) is 0.840. The Kier molecular flexibility index (Phi) is 3.69. The summed E-state index contributed by atoms with van der Waals surface area (Å²) in [4.78, 5) is 2.37. The van der Waals surface area contributed by atoms with Gasteiger partial charge in [0.25, 0.3) is 10.0 Å². The first-order chi connectivity index (χ1) is 9.43. The van der Waals surface area contributed by atoms with Gasteiger partial charge in [0.2, 0.25) is 0 Å². The molecule has 0 radical (unpaired) electrons. The van der Waals surface area contributed by atoms with Crippen molar-refractivity contribution in [2.45, 2.75) is 30.4 Å². The van der Waals surface area contributed by atoms with Gasteiger partial charge in [-0.05, 0) is 62.2 Å². The highest BCUT2D eigenvalue weighted by molar-refractivity contribution is 7.91. The zero-order valence-corrected chi connectivity index (χ0v) is 13.8. The van der Waals surface area contributed by atoms with Crippen molar-refractivity contribution in [1.29, 1.82) is 0 Å². The summed E-state index contributed by atoms with van der Waals surface area (Å²) in [5, 5.41) is 1.86. The molecule has 0 saturated carbocycles. The van der Waals surface area contributed by atoms with E-state index >= 15 is 0 Å². The third kappa shape index (κ3) is 2.43. The summed E-state index contributed by atoms with van der Waals surface area (Å²) in [6.07, 6.45) is 3.22. The fraction of sp³-hybridized carbons (Fsp3) is 0.714. The van der Waals surface area contributed by atoms with Gasteiger partial charge in [0.15, 0.2) is 0 Å². The molecule has 6 heteroatoms. The Morgan fingerprint density at radius 1 is 1.20 bits per heavy atom. The molecule has 2 aliphatic heterocycles. The zero-order valence-electron chi connectivity index (χ0n) is 12.1. The molecule has 0 atom stereocenters. The van der Waals surface area contributed by atoms with Gasteiger partial charge in [-0.3, -0.25) is 0 Å². The lowest BCUT2D eigenvalue weighted by atomic mass is 9.78. The monoisotopic (exact) mass is 314 g/mol. The van der Waals surface area contributed by atoms with Gasteiger partial charge in [-0.15, -0.1) is 11.3 Å². The van der Waals surface area contributed by atoms with Crippen LogP contribution in [0.15, 0.2) is 15.7 Å². The van der Waals surface area contributed by atoms with Crippen molar-refractivity contribution in [3.63, 3.8) is 0 Å². The number of thiophene rings is 1. The van der Waals surface area contributed by atoms with Crippen molar-refractivity contribution in [2.24, 2.45) is 5.41 Å². The molecule has 4 nitrogen and oxygen atoms in total. The molecule has 2 fully saturated rings. The molecule has 3 heterocycles. The van der Waals surface area contributed by atoms with E-state index < -0.39 is 10.0 Å². The second kappa shape index (κ2) is 5.09. The highest BCUT2D eigenvalue weighted by Gasteiger charge is 2.42. The molecule has 0 bridgehead atoms. The van der Waals surface area contributed by atoms with E-state index in [4.69, 9.17) is 0 Å². The maximum atomic E-state index is 12.7. The van der Waals surface area contributed by atoms with Crippen molar-refractivity contribution >= 4 is 21.4 Å². The summed E-state index contributed by atoms with van der Waals surface area (Å²) in [6.45, 7) is 5.50. The van der Waals surface area contributed by atoms with Gasteiger partial charge in [0.1, 0.15) is 4.21 Å². The fourth-order valence-electron chi connectivity index (χ4n) is 3.51. The minimum Gasteiger partial charge on any atom is -0.306 e. The van der Waals surface area contributed by atoms with Crippen LogP contribution in [0.5, 0.6) is 0 Å². The number of likely N-dealkylation sites (tertiary alicyclic amines) is 1. The molecule has 0 aromatic carbocycles. The summed E-state index contributed by atoms with van der Waals surface area (Å²) < 4.78 is 27.5. The number of hydrogen-bond donors (Lipinski definition) is 0. The van der Waals surface area contributed by atoms with Crippen LogP contribution in [-0.2, 0) is 10.0 Å². The van der Waals surface area contributed by atoms with Crippen molar-refractivity contribution in [3.8, 4) is 0 Å². The molecule has 0 aliphatic carbocycles. The van der Waals surface area contributed by atoms with E-state index in [2.05, 4.69) is 11.9 Å². The predicted molar refractivity (Wildman–Crippen MR) is 81.6 cm³/mol. The highest BCUT2D eigenvalue weighted by atomic mass is 32.2. The fourth-order valence-corrected chi connectivity index (χ4v) is 6.50. The average Bonchev–Trinajstić information content (AvgIpc) is 2.98. The summed E-state index contributed by atoms with van der Waals surface area (Å²) in [6, 6.07) is 1.88. The third-order valence-electron chi connectivity index (χ3n) is 4.80. The zero-order chi connectivity index (χ0) is 14.4. The summed E-state index contributed by atoms with van der Waals surface area (Å²) in [7, 11) is -1.11. The Hall–Kier alpha value is -0.430. The molecule has 2 aliphatic rings. The molecule has 20 heavy (non-hydrogen) atoms. The van der Waals surface area contributed by atoms with Crippen LogP contribution in [0.25, 0.3) is 0 Å². The molecule has 0 unspecified atom stereocenters. The van der Waals surface area contributed by atoms with Crippen molar-refractivity contribution in [3.05, 3.63) is 17.0 Å². The van der Waals surface area contributed by atoms with E-state index in [1.807, 2.05) is 18.4 Å². The van der Waals surface area contributed by atoms with E-state index in [0.29, 0.717) is 22.7 Å². The number of hydrogen-bond acceptors (Lipinski definition) is 4. The standard InChI is InChI=1S/C14H22N2O2S2/c1-12-3-10-19-13(12)20(17,18)16-8-5-14(6-9-16)4-7-15(2)11-14/h3,10H,4-9,11H2,1-2H3. The van der Waals surface area contributed by atoms with Gasteiger partial charge in [-0.2, -0.15) is 4.31 Å². The smallest absolute Gasteiger partial charge is 0.252 e. The summed E-state index contributed by atoms with van der Waals surface area (Å²) in [5.74, 6) is 0. The molecule has 1 aromatic rings. The molecule has 1 spiro atoms. The molecule has 0 N–H and O–H groups in total. The third-order valence-corrected chi connectivity index (χ3v) is 8.37. The summed E-state index contributed by atoms with van der Waals surface area (Å²) >= 11 is 1.34. The van der Waals surface area contributed by atoms with Crippen molar-refractivity contribution in [2.75, 3.05) is 33.2 Å². The van der Waals surface area contributed by atoms with Gasteiger partial charge in [0.05, 0.1) is 0 Å². The molecule has 3 rings (SSSR count). The first-order valence-electron chi connectivity index (χ1n) is 7.16. The Labute approximate surface area is 125 Å². The lowest BCUT2D eigenvalue weighted by Crippen LogP contribution is -2.43. The largest absolute Gasteiger partial charge is 0.306 e. The molecule has 112 valence electrons. The maximum Gasteiger partial charge on any atom is 0.252 e.